The Bertz CT molecular complexity index is 563. The first-order valence-electron chi connectivity index (χ1n) is 7.64. The van der Waals surface area contributed by atoms with Crippen LogP contribution in [0.5, 0.6) is 0 Å². The van der Waals surface area contributed by atoms with Gasteiger partial charge >= 0.3 is 0 Å². The first-order valence-corrected chi connectivity index (χ1v) is 7.64. The zero-order valence-corrected chi connectivity index (χ0v) is 11.7. The maximum absolute atomic E-state index is 12.8. The molecule has 0 bridgehead atoms. The summed E-state index contributed by atoms with van der Waals surface area (Å²) in [5, 5.41) is 3.55. The van der Waals surface area contributed by atoms with Crippen molar-refractivity contribution in [3.05, 3.63) is 28.2 Å². The van der Waals surface area contributed by atoms with Crippen molar-refractivity contribution in [2.24, 2.45) is 0 Å². The topological polar surface area (TPSA) is 46.5 Å². The van der Waals surface area contributed by atoms with E-state index in [9.17, 15) is 4.79 Å². The molecule has 4 rings (SSSR count). The van der Waals surface area contributed by atoms with E-state index in [1.54, 1.807) is 0 Å². The Balaban J connectivity index is 1.72. The lowest BCUT2D eigenvalue weighted by Gasteiger charge is -2.29. The van der Waals surface area contributed by atoms with E-state index >= 15 is 0 Å². The average Bonchev–Trinajstić information content (AvgIpc) is 3.21. The van der Waals surface area contributed by atoms with Gasteiger partial charge < -0.3 is 19.5 Å². The third kappa shape index (κ3) is 2.05. The molecule has 0 amide bonds. The summed E-state index contributed by atoms with van der Waals surface area (Å²) in [5.41, 5.74) is 2.27. The third-order valence-corrected chi connectivity index (χ3v) is 4.68. The van der Waals surface area contributed by atoms with Gasteiger partial charge in [0.15, 0.2) is 0 Å². The molecule has 0 aromatic carbocycles. The van der Waals surface area contributed by atoms with E-state index in [1.807, 2.05) is 10.6 Å². The van der Waals surface area contributed by atoms with E-state index in [0.717, 1.165) is 51.5 Å². The quantitative estimate of drug-likeness (QED) is 0.812. The number of ether oxygens (including phenoxy) is 1. The van der Waals surface area contributed by atoms with E-state index in [4.69, 9.17) is 4.74 Å². The second kappa shape index (κ2) is 4.90. The van der Waals surface area contributed by atoms with Gasteiger partial charge in [0.25, 0.3) is 5.56 Å². The van der Waals surface area contributed by atoms with Gasteiger partial charge in [-0.05, 0) is 31.5 Å². The average molecular weight is 275 g/mol. The molecule has 2 atom stereocenters. The van der Waals surface area contributed by atoms with Crippen molar-refractivity contribution < 1.29 is 4.74 Å². The molecule has 1 saturated heterocycles. The number of rotatable bonds is 1. The number of morpholine rings is 1. The molecule has 5 nitrogen and oxygen atoms in total. The van der Waals surface area contributed by atoms with Gasteiger partial charge in [-0.1, -0.05) is 0 Å². The smallest absolute Gasteiger partial charge is 0.274 e. The maximum atomic E-state index is 12.8. The highest BCUT2D eigenvalue weighted by molar-refractivity contribution is 5.46. The number of fused-ring (bicyclic) bond motifs is 3. The molecular formula is C15H21N3O2. The second-order valence-electron chi connectivity index (χ2n) is 5.96. The lowest BCUT2D eigenvalue weighted by Crippen LogP contribution is -2.41. The molecule has 2 aliphatic heterocycles. The lowest BCUT2D eigenvalue weighted by molar-refractivity contribution is 0.122. The van der Waals surface area contributed by atoms with Gasteiger partial charge in [-0.2, -0.15) is 0 Å². The fourth-order valence-corrected chi connectivity index (χ4v) is 3.45. The first-order chi connectivity index (χ1) is 9.84. The van der Waals surface area contributed by atoms with E-state index in [0.29, 0.717) is 12.0 Å². The SMILES string of the molecule is O=c1c(N2CCOCC2)ccc2n1CCCNC1CC21. The number of pyridine rings is 1. The highest BCUT2D eigenvalue weighted by Gasteiger charge is 2.40. The molecule has 5 heteroatoms. The van der Waals surface area contributed by atoms with Gasteiger partial charge in [0.2, 0.25) is 0 Å². The Labute approximate surface area is 118 Å². The van der Waals surface area contributed by atoms with Crippen LogP contribution in [0.25, 0.3) is 0 Å². The number of nitrogens with one attached hydrogen (secondary N) is 1. The van der Waals surface area contributed by atoms with Gasteiger partial charge in [0, 0.05) is 37.3 Å². The van der Waals surface area contributed by atoms with Crippen LogP contribution in [-0.2, 0) is 11.3 Å². The standard InChI is InChI=1S/C15H21N3O2/c19-15-14(17-6-8-20-9-7-17)3-2-13-11-10-12(11)16-4-1-5-18(13)15/h2-3,11-12,16H,1,4-10H2. The van der Waals surface area contributed by atoms with Crippen molar-refractivity contribution in [2.45, 2.75) is 31.3 Å². The molecule has 1 aromatic rings. The monoisotopic (exact) mass is 275 g/mol. The molecule has 0 spiro atoms. The van der Waals surface area contributed by atoms with E-state index in [1.165, 1.54) is 12.1 Å². The van der Waals surface area contributed by atoms with Gasteiger partial charge in [0.05, 0.1) is 13.2 Å². The molecule has 0 radical (unpaired) electrons. The number of nitrogens with zero attached hydrogens (tertiary/aromatic N) is 2. The number of aromatic nitrogens is 1. The van der Waals surface area contributed by atoms with E-state index in [2.05, 4.69) is 16.3 Å². The lowest BCUT2D eigenvalue weighted by atomic mass is 10.2. The van der Waals surface area contributed by atoms with Crippen molar-refractivity contribution in [3.8, 4) is 0 Å². The molecule has 1 aromatic heterocycles. The molecule has 2 fully saturated rings. The van der Waals surface area contributed by atoms with Crippen LogP contribution in [0.4, 0.5) is 5.69 Å². The van der Waals surface area contributed by atoms with Gasteiger partial charge in [-0.25, -0.2) is 0 Å². The van der Waals surface area contributed by atoms with Crippen LogP contribution in [0.3, 0.4) is 0 Å². The number of hydrogen-bond acceptors (Lipinski definition) is 4. The van der Waals surface area contributed by atoms with Crippen LogP contribution >= 0.6 is 0 Å². The van der Waals surface area contributed by atoms with Crippen molar-refractivity contribution in [3.63, 3.8) is 0 Å². The van der Waals surface area contributed by atoms with Crippen LogP contribution < -0.4 is 15.8 Å². The van der Waals surface area contributed by atoms with Crippen molar-refractivity contribution in [1.82, 2.24) is 9.88 Å². The molecule has 1 N–H and O–H groups in total. The van der Waals surface area contributed by atoms with Crippen LogP contribution in [0.1, 0.15) is 24.5 Å². The van der Waals surface area contributed by atoms with Crippen LogP contribution in [-0.4, -0.2) is 43.5 Å². The zero-order chi connectivity index (χ0) is 13.5. The Hall–Kier alpha value is -1.33. The summed E-state index contributed by atoms with van der Waals surface area (Å²) in [6.07, 6.45) is 2.21. The summed E-state index contributed by atoms with van der Waals surface area (Å²) >= 11 is 0. The number of anilines is 1. The molecule has 20 heavy (non-hydrogen) atoms. The summed E-state index contributed by atoms with van der Waals surface area (Å²) in [6, 6.07) is 4.79. The molecular weight excluding hydrogens is 254 g/mol. The summed E-state index contributed by atoms with van der Waals surface area (Å²) in [5.74, 6) is 0.543. The van der Waals surface area contributed by atoms with Gasteiger partial charge in [-0.15, -0.1) is 0 Å². The largest absolute Gasteiger partial charge is 0.378 e. The summed E-state index contributed by atoms with van der Waals surface area (Å²) < 4.78 is 7.40. The normalized spacial score (nSPS) is 29.1. The van der Waals surface area contributed by atoms with E-state index < -0.39 is 0 Å². The Kier molecular flexibility index (Phi) is 3.04. The van der Waals surface area contributed by atoms with Crippen molar-refractivity contribution in [1.29, 1.82) is 0 Å². The predicted octanol–water partition coefficient (Wildman–Crippen LogP) is 0.534. The molecule has 2 unspecified atom stereocenters. The summed E-state index contributed by atoms with van der Waals surface area (Å²) in [6.45, 7) is 4.94. The first kappa shape index (κ1) is 12.4. The second-order valence-corrected chi connectivity index (χ2v) is 5.96. The highest BCUT2D eigenvalue weighted by Crippen LogP contribution is 2.41. The van der Waals surface area contributed by atoms with Crippen LogP contribution in [0, 0.1) is 0 Å². The molecule has 3 aliphatic rings. The fraction of sp³-hybridized carbons (Fsp3) is 0.667. The van der Waals surface area contributed by atoms with E-state index in [-0.39, 0.29) is 5.56 Å². The zero-order valence-electron chi connectivity index (χ0n) is 11.7. The maximum Gasteiger partial charge on any atom is 0.274 e. The fourth-order valence-electron chi connectivity index (χ4n) is 3.45. The molecule has 1 aliphatic carbocycles. The molecule has 108 valence electrons. The van der Waals surface area contributed by atoms with Crippen LogP contribution in [0.15, 0.2) is 16.9 Å². The van der Waals surface area contributed by atoms with Crippen molar-refractivity contribution in [2.75, 3.05) is 37.7 Å². The Morgan fingerprint density at radius 3 is 2.90 bits per heavy atom. The molecule has 1 saturated carbocycles. The van der Waals surface area contributed by atoms with Gasteiger partial charge in [-0.3, -0.25) is 4.79 Å². The van der Waals surface area contributed by atoms with Crippen LogP contribution in [0.2, 0.25) is 0 Å². The van der Waals surface area contributed by atoms with Crippen molar-refractivity contribution >= 4 is 5.69 Å². The summed E-state index contributed by atoms with van der Waals surface area (Å²) in [7, 11) is 0. The Morgan fingerprint density at radius 2 is 2.05 bits per heavy atom. The molecule has 3 heterocycles. The minimum absolute atomic E-state index is 0.192. The third-order valence-electron chi connectivity index (χ3n) is 4.68. The number of hydrogen-bond donors (Lipinski definition) is 1. The predicted molar refractivity (Wildman–Crippen MR) is 77.5 cm³/mol. The summed E-state index contributed by atoms with van der Waals surface area (Å²) in [4.78, 5) is 15.0. The van der Waals surface area contributed by atoms with Gasteiger partial charge in [0.1, 0.15) is 5.69 Å². The Morgan fingerprint density at radius 1 is 1.20 bits per heavy atom. The minimum atomic E-state index is 0.192. The minimum Gasteiger partial charge on any atom is -0.378 e. The highest BCUT2D eigenvalue weighted by atomic mass is 16.5.